The van der Waals surface area contributed by atoms with Gasteiger partial charge in [-0.3, -0.25) is 9.59 Å². The van der Waals surface area contributed by atoms with Gasteiger partial charge in [0.15, 0.2) is 17.3 Å². The fourth-order valence-electron chi connectivity index (χ4n) is 2.56. The molecule has 0 bridgehead atoms. The highest BCUT2D eigenvalue weighted by Crippen LogP contribution is 2.31. The van der Waals surface area contributed by atoms with Crippen molar-refractivity contribution in [2.24, 2.45) is 5.73 Å². The number of ketones is 1. The number of benzene rings is 1. The maximum atomic E-state index is 12.4. The van der Waals surface area contributed by atoms with Crippen LogP contribution in [-0.2, 0) is 6.42 Å². The maximum absolute atomic E-state index is 12.4. The minimum absolute atomic E-state index is 0.178. The molecule has 1 aromatic carbocycles. The number of primary amides is 1. The Kier molecular flexibility index (Phi) is 2.83. The summed E-state index contributed by atoms with van der Waals surface area (Å²) < 4.78 is 1.26. The number of hydrogen-bond donors (Lipinski definition) is 2. The van der Waals surface area contributed by atoms with Gasteiger partial charge in [-0.1, -0.05) is 24.3 Å². The average Bonchev–Trinajstić information content (AvgIpc) is 3.01. The second kappa shape index (κ2) is 4.55. The largest absolute Gasteiger partial charge is 0.476 e. The highest BCUT2D eigenvalue weighted by atomic mass is 16.4. The lowest BCUT2D eigenvalue weighted by Gasteiger charge is -2.11. The van der Waals surface area contributed by atoms with Crippen LogP contribution in [0.15, 0.2) is 30.5 Å². The van der Waals surface area contributed by atoms with Gasteiger partial charge >= 0.3 is 5.97 Å². The second-order valence-corrected chi connectivity index (χ2v) is 4.77. The van der Waals surface area contributed by atoms with E-state index in [0.717, 1.165) is 5.56 Å². The second-order valence-electron chi connectivity index (χ2n) is 4.77. The van der Waals surface area contributed by atoms with Gasteiger partial charge in [-0.05, 0) is 5.56 Å². The zero-order valence-electron chi connectivity index (χ0n) is 10.8. The van der Waals surface area contributed by atoms with Crippen LogP contribution in [-0.4, -0.2) is 32.3 Å². The van der Waals surface area contributed by atoms with Crippen molar-refractivity contribution in [2.75, 3.05) is 0 Å². The van der Waals surface area contributed by atoms with Gasteiger partial charge in [0.25, 0.3) is 5.91 Å². The first-order valence-electron chi connectivity index (χ1n) is 6.23. The van der Waals surface area contributed by atoms with Crippen LogP contribution >= 0.6 is 0 Å². The van der Waals surface area contributed by atoms with E-state index in [2.05, 4.69) is 4.98 Å². The Morgan fingerprint density at radius 2 is 2.05 bits per heavy atom. The Hall–Kier alpha value is -2.96. The van der Waals surface area contributed by atoms with Crippen LogP contribution in [0.4, 0.5) is 0 Å². The van der Waals surface area contributed by atoms with E-state index in [1.54, 1.807) is 12.1 Å². The molecule has 1 unspecified atom stereocenters. The monoisotopic (exact) mass is 285 g/mol. The third-order valence-corrected chi connectivity index (χ3v) is 3.51. The van der Waals surface area contributed by atoms with Gasteiger partial charge in [-0.25, -0.2) is 9.78 Å². The molecule has 0 aliphatic heterocycles. The normalized spacial score (nSPS) is 16.8. The number of carbonyl (C=O) groups is 3. The molecule has 3 N–H and O–H groups in total. The summed E-state index contributed by atoms with van der Waals surface area (Å²) >= 11 is 0. The number of aromatic nitrogens is 2. The first-order valence-corrected chi connectivity index (χ1v) is 6.23. The number of nitrogens with two attached hydrogens (primary N) is 1. The highest BCUT2D eigenvalue weighted by Gasteiger charge is 2.34. The molecule has 1 amide bonds. The molecule has 1 aromatic heterocycles. The summed E-state index contributed by atoms with van der Waals surface area (Å²) in [5.41, 5.74) is 6.34. The lowest BCUT2D eigenvalue weighted by atomic mass is 10.1. The Bertz CT molecular complexity index is 778. The number of Topliss-reactive ketones (excluding diaryl/α,β-unsaturated/α-hetero) is 1. The van der Waals surface area contributed by atoms with Crippen molar-refractivity contribution in [1.82, 2.24) is 9.55 Å². The number of carbonyl (C=O) groups excluding carboxylic acids is 2. The van der Waals surface area contributed by atoms with Crippen molar-refractivity contribution in [3.63, 3.8) is 0 Å². The summed E-state index contributed by atoms with van der Waals surface area (Å²) in [7, 11) is 0. The summed E-state index contributed by atoms with van der Waals surface area (Å²) in [4.78, 5) is 38.5. The number of carboxylic acid groups (broad SMARTS) is 1. The number of fused-ring (bicyclic) bond motifs is 1. The van der Waals surface area contributed by atoms with Crippen LogP contribution in [0.2, 0.25) is 0 Å². The standard InChI is InChI=1S/C14H11N3O4/c15-12(19)13-16-9(14(20)21)6-17(13)10-5-7-3-1-2-4-8(7)11(10)18/h1-4,6,10H,5H2,(H2,15,19)(H,20,21). The number of rotatable bonds is 3. The molecule has 0 fully saturated rings. The Morgan fingerprint density at radius 3 is 2.67 bits per heavy atom. The fourth-order valence-corrected chi connectivity index (χ4v) is 2.56. The molecular formula is C14H11N3O4. The summed E-state index contributed by atoms with van der Waals surface area (Å²) in [5.74, 6) is -2.55. The molecule has 0 saturated heterocycles. The number of amides is 1. The van der Waals surface area contributed by atoms with E-state index in [1.807, 2.05) is 12.1 Å². The number of hydrogen-bond acceptors (Lipinski definition) is 4. The van der Waals surface area contributed by atoms with Gasteiger partial charge in [-0.2, -0.15) is 0 Å². The molecule has 0 spiro atoms. The van der Waals surface area contributed by atoms with E-state index in [0.29, 0.717) is 12.0 Å². The van der Waals surface area contributed by atoms with Crippen LogP contribution in [0.25, 0.3) is 0 Å². The van der Waals surface area contributed by atoms with E-state index >= 15 is 0 Å². The maximum Gasteiger partial charge on any atom is 0.356 e. The molecule has 1 aliphatic carbocycles. The predicted molar refractivity (Wildman–Crippen MR) is 71.2 cm³/mol. The molecule has 21 heavy (non-hydrogen) atoms. The molecule has 3 rings (SSSR count). The highest BCUT2D eigenvalue weighted by molar-refractivity contribution is 6.04. The Balaban J connectivity index is 2.08. The zero-order chi connectivity index (χ0) is 15.1. The quantitative estimate of drug-likeness (QED) is 0.859. The van der Waals surface area contributed by atoms with E-state index in [1.165, 1.54) is 10.8 Å². The van der Waals surface area contributed by atoms with Crippen LogP contribution < -0.4 is 5.73 Å². The third kappa shape index (κ3) is 1.99. The van der Waals surface area contributed by atoms with Crippen LogP contribution in [0, 0.1) is 0 Å². The summed E-state index contributed by atoms with van der Waals surface area (Å²) in [6.45, 7) is 0. The number of imidazole rings is 1. The lowest BCUT2D eigenvalue weighted by Crippen LogP contribution is -2.23. The number of nitrogens with zero attached hydrogens (tertiary/aromatic N) is 2. The van der Waals surface area contributed by atoms with E-state index in [4.69, 9.17) is 10.8 Å². The molecule has 0 saturated carbocycles. The zero-order valence-corrected chi connectivity index (χ0v) is 10.8. The molecule has 1 heterocycles. The molecule has 1 aliphatic rings. The lowest BCUT2D eigenvalue weighted by molar-refractivity contribution is 0.0690. The molecule has 7 nitrogen and oxygen atoms in total. The number of aromatic carboxylic acids is 1. The van der Waals surface area contributed by atoms with Crippen molar-refractivity contribution in [2.45, 2.75) is 12.5 Å². The van der Waals surface area contributed by atoms with E-state index in [9.17, 15) is 14.4 Å². The van der Waals surface area contributed by atoms with Crippen LogP contribution in [0.5, 0.6) is 0 Å². The topological polar surface area (TPSA) is 115 Å². The molecule has 2 aromatic rings. The summed E-state index contributed by atoms with van der Waals surface area (Å²) in [6, 6.07) is 6.42. The van der Waals surface area contributed by atoms with Gasteiger partial charge in [0.2, 0.25) is 0 Å². The molecule has 7 heteroatoms. The fraction of sp³-hybridized carbons (Fsp3) is 0.143. The molecule has 1 atom stereocenters. The first-order chi connectivity index (χ1) is 9.99. The predicted octanol–water partition coefficient (Wildman–Crippen LogP) is 0.660. The summed E-state index contributed by atoms with van der Waals surface area (Å²) in [5, 5.41) is 8.97. The van der Waals surface area contributed by atoms with Crippen molar-refractivity contribution in [3.8, 4) is 0 Å². The third-order valence-electron chi connectivity index (χ3n) is 3.51. The van der Waals surface area contributed by atoms with Gasteiger partial charge in [0, 0.05) is 18.2 Å². The smallest absolute Gasteiger partial charge is 0.356 e. The average molecular weight is 285 g/mol. The van der Waals surface area contributed by atoms with Crippen molar-refractivity contribution < 1.29 is 19.5 Å². The van der Waals surface area contributed by atoms with Crippen LogP contribution in [0.3, 0.4) is 0 Å². The summed E-state index contributed by atoms with van der Waals surface area (Å²) in [6.07, 6.45) is 1.56. The van der Waals surface area contributed by atoms with Crippen molar-refractivity contribution >= 4 is 17.7 Å². The van der Waals surface area contributed by atoms with Crippen LogP contribution in [0.1, 0.15) is 43.1 Å². The molecule has 0 radical (unpaired) electrons. The van der Waals surface area contributed by atoms with Gasteiger partial charge in [0.1, 0.15) is 6.04 Å². The first kappa shape index (κ1) is 13.0. The van der Waals surface area contributed by atoms with E-state index in [-0.39, 0.29) is 17.3 Å². The molecule has 106 valence electrons. The SMILES string of the molecule is NC(=O)c1nc(C(=O)O)cn1C1Cc2ccccc2C1=O. The Morgan fingerprint density at radius 1 is 1.33 bits per heavy atom. The minimum atomic E-state index is -1.28. The van der Waals surface area contributed by atoms with Gasteiger partial charge < -0.3 is 15.4 Å². The van der Waals surface area contributed by atoms with Gasteiger partial charge in [-0.15, -0.1) is 0 Å². The number of carboxylic acids is 1. The van der Waals surface area contributed by atoms with Crippen molar-refractivity contribution in [3.05, 3.63) is 53.1 Å². The minimum Gasteiger partial charge on any atom is -0.476 e. The van der Waals surface area contributed by atoms with E-state index < -0.39 is 17.9 Å². The Labute approximate surface area is 119 Å². The van der Waals surface area contributed by atoms with Gasteiger partial charge in [0.05, 0.1) is 0 Å². The molecular weight excluding hydrogens is 274 g/mol. The van der Waals surface area contributed by atoms with Crippen molar-refractivity contribution in [1.29, 1.82) is 0 Å².